The largest absolute Gasteiger partial charge is 0.375 e. The lowest BCUT2D eigenvalue weighted by Crippen LogP contribution is -1.84. The van der Waals surface area contributed by atoms with E-state index >= 15 is 0 Å². The first-order chi connectivity index (χ1) is 5.33. The number of anilines is 1. The van der Waals surface area contributed by atoms with E-state index in [1.807, 2.05) is 0 Å². The van der Waals surface area contributed by atoms with Crippen molar-refractivity contribution in [2.75, 3.05) is 5.73 Å². The molecule has 6 heteroatoms. The number of hydrogen-bond donors (Lipinski definition) is 1. The van der Waals surface area contributed by atoms with Gasteiger partial charge in [0.2, 0.25) is 0 Å². The highest BCUT2D eigenvalue weighted by molar-refractivity contribution is 7.13. The molecule has 0 saturated heterocycles. The Balaban J connectivity index is 2.71. The van der Waals surface area contributed by atoms with Gasteiger partial charge in [0.1, 0.15) is 0 Å². The molecule has 0 saturated carbocycles. The third kappa shape index (κ3) is 2.29. The van der Waals surface area contributed by atoms with E-state index in [0.29, 0.717) is 10.8 Å². The van der Waals surface area contributed by atoms with Gasteiger partial charge in [0.25, 0.3) is 6.08 Å². The zero-order valence-electron chi connectivity index (χ0n) is 5.39. The molecule has 0 aliphatic carbocycles. The minimum absolute atomic E-state index is 0.460. The van der Waals surface area contributed by atoms with Crippen LogP contribution in [-0.4, -0.2) is 17.3 Å². The zero-order valence-corrected chi connectivity index (χ0v) is 6.21. The summed E-state index contributed by atoms with van der Waals surface area (Å²) in [5.74, 6) is 0. The van der Waals surface area contributed by atoms with Gasteiger partial charge in [0.15, 0.2) is 5.13 Å². The highest BCUT2D eigenvalue weighted by Crippen LogP contribution is 2.08. The maximum Gasteiger partial charge on any atom is 0.260 e. The van der Waals surface area contributed by atoms with Crippen molar-refractivity contribution >= 4 is 28.8 Å². The van der Waals surface area contributed by atoms with Gasteiger partial charge in [-0.1, -0.05) is 5.10 Å². The van der Waals surface area contributed by atoms with E-state index in [1.54, 1.807) is 5.38 Å². The summed E-state index contributed by atoms with van der Waals surface area (Å²) in [5.41, 5.74) is 5.91. The van der Waals surface area contributed by atoms with Crippen molar-refractivity contribution in [3.63, 3.8) is 0 Å². The number of isocyanates is 1. The highest BCUT2D eigenvalue weighted by atomic mass is 32.1. The molecule has 5 nitrogen and oxygen atoms in total. The quantitative estimate of drug-likeness (QED) is 0.394. The van der Waals surface area contributed by atoms with E-state index in [9.17, 15) is 4.79 Å². The molecule has 0 aliphatic rings. The number of nitrogens with zero attached hydrogens (tertiary/aromatic N) is 3. The second kappa shape index (κ2) is 3.60. The summed E-state index contributed by atoms with van der Waals surface area (Å²) in [6.45, 7) is 0. The molecule has 11 heavy (non-hydrogen) atoms. The highest BCUT2D eigenvalue weighted by Gasteiger charge is 1.92. The van der Waals surface area contributed by atoms with Gasteiger partial charge in [0.05, 0.1) is 11.9 Å². The van der Waals surface area contributed by atoms with Crippen molar-refractivity contribution in [1.82, 2.24) is 4.98 Å². The molecule has 0 bridgehead atoms. The van der Waals surface area contributed by atoms with E-state index in [-0.39, 0.29) is 0 Å². The second-order valence-corrected chi connectivity index (χ2v) is 2.44. The molecule has 0 spiro atoms. The van der Waals surface area contributed by atoms with Crippen molar-refractivity contribution in [3.8, 4) is 0 Å². The van der Waals surface area contributed by atoms with Crippen LogP contribution >= 0.6 is 11.3 Å². The third-order valence-electron chi connectivity index (χ3n) is 0.828. The first-order valence-electron chi connectivity index (χ1n) is 2.64. The van der Waals surface area contributed by atoms with Crippen LogP contribution in [0.25, 0.3) is 0 Å². The molecule has 1 rings (SSSR count). The minimum atomic E-state index is 0.460. The van der Waals surface area contributed by atoms with Crippen LogP contribution in [0.4, 0.5) is 5.13 Å². The monoisotopic (exact) mass is 168 g/mol. The van der Waals surface area contributed by atoms with E-state index in [4.69, 9.17) is 5.73 Å². The predicted molar refractivity (Wildman–Crippen MR) is 42.2 cm³/mol. The number of thiazole rings is 1. The van der Waals surface area contributed by atoms with Gasteiger partial charge in [0, 0.05) is 5.38 Å². The molecule has 56 valence electrons. The summed E-state index contributed by atoms with van der Waals surface area (Å²) in [5, 5.41) is 8.47. The zero-order chi connectivity index (χ0) is 8.10. The Morgan fingerprint density at radius 3 is 3.18 bits per heavy atom. The Morgan fingerprint density at radius 1 is 1.82 bits per heavy atom. The molecule has 0 radical (unpaired) electrons. The average molecular weight is 168 g/mol. The first kappa shape index (κ1) is 7.59. The van der Waals surface area contributed by atoms with E-state index in [2.05, 4.69) is 15.2 Å². The second-order valence-electron chi connectivity index (χ2n) is 1.55. The standard InChI is InChI=1S/C5H4N4OS/c6-5-9-4(2-11-5)1-7-8-3-10/h1-2H,(H2,6,9)/b7-1+. The number of nitrogen functional groups attached to an aromatic ring is 1. The topological polar surface area (TPSA) is 80.7 Å². The van der Waals surface area contributed by atoms with Gasteiger partial charge in [-0.2, -0.15) is 0 Å². The van der Waals surface area contributed by atoms with Gasteiger partial charge in [-0.05, 0) is 0 Å². The van der Waals surface area contributed by atoms with Crippen LogP contribution in [0.15, 0.2) is 15.6 Å². The lowest BCUT2D eigenvalue weighted by molar-refractivity contribution is 0.563. The van der Waals surface area contributed by atoms with Crippen LogP contribution in [0.2, 0.25) is 0 Å². The number of hydrogen-bond acceptors (Lipinski definition) is 6. The molecule has 0 amide bonds. The maximum absolute atomic E-state index is 9.55. The summed E-state index contributed by atoms with van der Waals surface area (Å²) >= 11 is 1.30. The predicted octanol–water partition coefficient (Wildman–Crippen LogP) is 0.395. The fourth-order valence-electron chi connectivity index (χ4n) is 0.472. The molecular weight excluding hydrogens is 164 g/mol. The van der Waals surface area contributed by atoms with Crippen molar-refractivity contribution < 1.29 is 4.79 Å². The first-order valence-corrected chi connectivity index (χ1v) is 3.52. The molecular formula is C5H4N4OS. The molecule has 1 aromatic heterocycles. The molecule has 0 fully saturated rings. The normalized spacial score (nSPS) is 9.82. The molecule has 0 unspecified atom stereocenters. The molecule has 0 aromatic carbocycles. The molecule has 2 N–H and O–H groups in total. The Kier molecular flexibility index (Phi) is 2.48. The lowest BCUT2D eigenvalue weighted by atomic mass is 10.6. The summed E-state index contributed by atoms with van der Waals surface area (Å²) in [6, 6.07) is 0. The van der Waals surface area contributed by atoms with Gasteiger partial charge < -0.3 is 5.73 Å². The summed E-state index contributed by atoms with van der Waals surface area (Å²) in [6.07, 6.45) is 2.60. The third-order valence-corrected chi connectivity index (χ3v) is 1.52. The summed E-state index contributed by atoms with van der Waals surface area (Å²) in [4.78, 5) is 13.4. The Hall–Kier alpha value is -1.52. The SMILES string of the molecule is Nc1nc(/C=N/N=C=O)cs1. The Labute approximate surface area is 66.3 Å². The molecule has 1 heterocycles. The number of rotatable bonds is 2. The lowest BCUT2D eigenvalue weighted by Gasteiger charge is -1.75. The van der Waals surface area contributed by atoms with E-state index in [1.165, 1.54) is 23.6 Å². The van der Waals surface area contributed by atoms with Gasteiger partial charge in [-0.15, -0.1) is 16.4 Å². The smallest absolute Gasteiger partial charge is 0.260 e. The van der Waals surface area contributed by atoms with Crippen LogP contribution in [-0.2, 0) is 4.79 Å². The summed E-state index contributed by atoms with van der Waals surface area (Å²) < 4.78 is 0. The van der Waals surface area contributed by atoms with Crippen molar-refractivity contribution in [3.05, 3.63) is 11.1 Å². The van der Waals surface area contributed by atoms with E-state index in [0.717, 1.165) is 0 Å². The van der Waals surface area contributed by atoms with E-state index < -0.39 is 0 Å². The fraction of sp³-hybridized carbons (Fsp3) is 0. The number of carbonyl (C=O) groups excluding carboxylic acids is 1. The number of nitrogens with two attached hydrogens (primary N) is 1. The maximum atomic E-state index is 9.55. The van der Waals surface area contributed by atoms with Crippen molar-refractivity contribution in [2.45, 2.75) is 0 Å². The van der Waals surface area contributed by atoms with Crippen LogP contribution < -0.4 is 5.73 Å². The Bertz CT molecular complexity index is 312. The van der Waals surface area contributed by atoms with Crippen LogP contribution in [0.1, 0.15) is 5.69 Å². The minimum Gasteiger partial charge on any atom is -0.375 e. The van der Waals surface area contributed by atoms with Gasteiger partial charge >= 0.3 is 0 Å². The fourth-order valence-corrected chi connectivity index (χ4v) is 0.985. The summed E-state index contributed by atoms with van der Waals surface area (Å²) in [7, 11) is 0. The Morgan fingerprint density at radius 2 is 2.64 bits per heavy atom. The van der Waals surface area contributed by atoms with Crippen molar-refractivity contribution in [1.29, 1.82) is 0 Å². The van der Waals surface area contributed by atoms with Crippen LogP contribution in [0, 0.1) is 0 Å². The van der Waals surface area contributed by atoms with Crippen LogP contribution in [0.5, 0.6) is 0 Å². The van der Waals surface area contributed by atoms with Gasteiger partial charge in [-0.3, -0.25) is 0 Å². The molecule has 1 aromatic rings. The molecule has 0 atom stereocenters. The van der Waals surface area contributed by atoms with Gasteiger partial charge in [-0.25, -0.2) is 9.78 Å². The number of aromatic nitrogens is 1. The van der Waals surface area contributed by atoms with Crippen molar-refractivity contribution in [2.24, 2.45) is 10.2 Å². The van der Waals surface area contributed by atoms with Crippen LogP contribution in [0.3, 0.4) is 0 Å². The average Bonchev–Trinajstić information content (AvgIpc) is 2.37. The molecule has 0 aliphatic heterocycles.